The molecule has 5 atom stereocenters. The average Bonchev–Trinajstić information content (AvgIpc) is 3.09. The summed E-state index contributed by atoms with van der Waals surface area (Å²) in [5.41, 5.74) is 0.00543. The van der Waals surface area contributed by atoms with Gasteiger partial charge in [0.25, 0.3) is 0 Å². The van der Waals surface area contributed by atoms with E-state index < -0.39 is 0 Å². The van der Waals surface area contributed by atoms with Crippen molar-refractivity contribution in [2.75, 3.05) is 6.61 Å². The number of esters is 1. The van der Waals surface area contributed by atoms with Gasteiger partial charge in [-0.25, -0.2) is 0 Å². The lowest BCUT2D eigenvalue weighted by Crippen LogP contribution is -2.39. The zero-order valence-electron chi connectivity index (χ0n) is 17.6. The molecule has 3 heteroatoms. The second-order valence-corrected chi connectivity index (χ2v) is 10.7. The molecule has 146 valence electrons. The molecule has 5 unspecified atom stereocenters. The van der Waals surface area contributed by atoms with Gasteiger partial charge in [-0.05, 0) is 48.3 Å². The highest BCUT2D eigenvalue weighted by atomic mass is 16.7. The number of rotatable bonds is 7. The second kappa shape index (κ2) is 7.98. The summed E-state index contributed by atoms with van der Waals surface area (Å²) in [7, 11) is 0. The molecule has 0 heterocycles. The molecule has 2 aliphatic rings. The van der Waals surface area contributed by atoms with Crippen molar-refractivity contribution in [3.05, 3.63) is 0 Å². The van der Waals surface area contributed by atoms with Crippen molar-refractivity contribution in [1.29, 1.82) is 0 Å². The molecule has 0 N–H and O–H groups in total. The number of fused-ring (bicyclic) bond motifs is 2. The van der Waals surface area contributed by atoms with Crippen molar-refractivity contribution in [3.8, 4) is 0 Å². The van der Waals surface area contributed by atoms with Crippen LogP contribution >= 0.6 is 0 Å². The lowest BCUT2D eigenvalue weighted by atomic mass is 9.78. The van der Waals surface area contributed by atoms with Crippen LogP contribution in [0.15, 0.2) is 0 Å². The first-order valence-corrected chi connectivity index (χ1v) is 10.3. The van der Waals surface area contributed by atoms with E-state index in [1.807, 2.05) is 0 Å². The lowest BCUT2D eigenvalue weighted by Gasteiger charge is -2.35. The van der Waals surface area contributed by atoms with Crippen molar-refractivity contribution in [2.24, 2.45) is 34.5 Å². The molecule has 25 heavy (non-hydrogen) atoms. The van der Waals surface area contributed by atoms with Crippen molar-refractivity contribution >= 4 is 5.97 Å². The summed E-state index contributed by atoms with van der Waals surface area (Å²) >= 11 is 0. The quantitative estimate of drug-likeness (QED) is 0.428. The lowest BCUT2D eigenvalue weighted by molar-refractivity contribution is -0.209. The molecule has 0 aromatic rings. The van der Waals surface area contributed by atoms with Gasteiger partial charge in [-0.1, -0.05) is 61.3 Å². The minimum absolute atomic E-state index is 0.0585. The third kappa shape index (κ3) is 5.70. The average molecular weight is 353 g/mol. The Hall–Kier alpha value is -0.570. The molecular weight excluding hydrogens is 312 g/mol. The van der Waals surface area contributed by atoms with Gasteiger partial charge in [-0.2, -0.15) is 0 Å². The first-order chi connectivity index (χ1) is 11.5. The largest absolute Gasteiger partial charge is 0.435 e. The van der Waals surface area contributed by atoms with Gasteiger partial charge in [0, 0.05) is 5.92 Å². The standard InChI is InChI=1S/C22H40O3/c1-8-9-18(22(5,6)7)19(23)25-20(24-14-21(2,3)4)17-13-15-10-11-16(17)12-15/h15-18,20H,8-14H2,1-7H3. The zero-order valence-corrected chi connectivity index (χ0v) is 17.6. The third-order valence-corrected chi connectivity index (χ3v) is 5.96. The van der Waals surface area contributed by atoms with Crippen LogP contribution in [-0.4, -0.2) is 18.9 Å². The van der Waals surface area contributed by atoms with Gasteiger partial charge in [0.1, 0.15) is 0 Å². The second-order valence-electron chi connectivity index (χ2n) is 10.7. The van der Waals surface area contributed by atoms with Crippen molar-refractivity contribution in [1.82, 2.24) is 0 Å². The normalized spacial score (nSPS) is 28.8. The van der Waals surface area contributed by atoms with Gasteiger partial charge in [-0.3, -0.25) is 4.79 Å². The fourth-order valence-corrected chi connectivity index (χ4v) is 4.59. The summed E-state index contributed by atoms with van der Waals surface area (Å²) in [6.07, 6.45) is 6.62. The monoisotopic (exact) mass is 352 g/mol. The Morgan fingerprint density at radius 1 is 1.08 bits per heavy atom. The summed E-state index contributed by atoms with van der Waals surface area (Å²) in [5.74, 6) is 1.78. The molecule has 0 aromatic carbocycles. The predicted molar refractivity (Wildman–Crippen MR) is 102 cm³/mol. The molecule has 2 rings (SSSR count). The molecule has 2 fully saturated rings. The van der Waals surface area contributed by atoms with E-state index in [9.17, 15) is 4.79 Å². The molecule has 0 aliphatic heterocycles. The maximum atomic E-state index is 13.0. The first-order valence-electron chi connectivity index (χ1n) is 10.3. The fourth-order valence-electron chi connectivity index (χ4n) is 4.59. The molecule has 0 aromatic heterocycles. The molecule has 0 radical (unpaired) electrons. The maximum Gasteiger partial charge on any atom is 0.311 e. The summed E-state index contributed by atoms with van der Waals surface area (Å²) in [4.78, 5) is 13.0. The Bertz CT molecular complexity index is 443. The molecule has 2 aliphatic carbocycles. The minimum atomic E-state index is -0.358. The Kier molecular flexibility index (Phi) is 6.62. The van der Waals surface area contributed by atoms with Crippen molar-refractivity contribution in [2.45, 2.75) is 93.3 Å². The summed E-state index contributed by atoms with van der Waals surface area (Å²) in [6.45, 7) is 15.7. The van der Waals surface area contributed by atoms with Crippen LogP contribution < -0.4 is 0 Å². The smallest absolute Gasteiger partial charge is 0.311 e. The fraction of sp³-hybridized carbons (Fsp3) is 0.955. The number of carbonyl (C=O) groups is 1. The minimum Gasteiger partial charge on any atom is -0.435 e. The van der Waals surface area contributed by atoms with E-state index in [1.54, 1.807) is 0 Å². The number of hydrogen-bond acceptors (Lipinski definition) is 3. The zero-order chi connectivity index (χ0) is 18.8. The van der Waals surface area contributed by atoms with Crippen LogP contribution in [0.4, 0.5) is 0 Å². The Labute approximate surface area is 155 Å². The Morgan fingerprint density at radius 2 is 1.76 bits per heavy atom. The van der Waals surface area contributed by atoms with E-state index in [4.69, 9.17) is 9.47 Å². The molecule has 0 saturated heterocycles. The predicted octanol–water partition coefficient (Wildman–Crippen LogP) is 5.82. The molecular formula is C22H40O3. The van der Waals surface area contributed by atoms with Gasteiger partial charge in [0.05, 0.1) is 12.5 Å². The van der Waals surface area contributed by atoms with E-state index in [1.165, 1.54) is 25.7 Å². The summed E-state index contributed by atoms with van der Waals surface area (Å²) in [5, 5.41) is 0. The SMILES string of the molecule is CCCC(C(=O)OC(OCC(C)(C)C)C1CC2CCC1C2)C(C)(C)C. The van der Waals surface area contributed by atoms with Crippen LogP contribution in [0.1, 0.15) is 87.0 Å². The summed E-state index contributed by atoms with van der Waals surface area (Å²) < 4.78 is 12.3. The number of ether oxygens (including phenoxy) is 2. The molecule has 3 nitrogen and oxygen atoms in total. The van der Waals surface area contributed by atoms with Gasteiger partial charge in [0.2, 0.25) is 6.29 Å². The van der Waals surface area contributed by atoms with E-state index in [-0.39, 0.29) is 29.0 Å². The topological polar surface area (TPSA) is 35.5 Å². The molecule has 2 bridgehead atoms. The maximum absolute atomic E-state index is 13.0. The van der Waals surface area contributed by atoms with Gasteiger partial charge in [-0.15, -0.1) is 0 Å². The summed E-state index contributed by atoms with van der Waals surface area (Å²) in [6, 6.07) is 0. The Balaban J connectivity index is 2.07. The van der Waals surface area contributed by atoms with Crippen molar-refractivity contribution in [3.63, 3.8) is 0 Å². The number of hydrogen-bond donors (Lipinski definition) is 0. The highest BCUT2D eigenvalue weighted by molar-refractivity contribution is 5.73. The van der Waals surface area contributed by atoms with Crippen LogP contribution in [0.25, 0.3) is 0 Å². The first kappa shape index (κ1) is 20.7. The van der Waals surface area contributed by atoms with Crippen LogP contribution in [-0.2, 0) is 14.3 Å². The number of carbonyl (C=O) groups excluding carboxylic acids is 1. The highest BCUT2D eigenvalue weighted by Gasteiger charge is 2.46. The van der Waals surface area contributed by atoms with Gasteiger partial charge in [0.15, 0.2) is 0 Å². The van der Waals surface area contributed by atoms with Crippen LogP contribution in [0.2, 0.25) is 0 Å². The van der Waals surface area contributed by atoms with E-state index in [0.717, 1.165) is 18.8 Å². The van der Waals surface area contributed by atoms with Gasteiger partial charge >= 0.3 is 5.97 Å². The van der Waals surface area contributed by atoms with E-state index in [0.29, 0.717) is 18.4 Å². The van der Waals surface area contributed by atoms with Crippen molar-refractivity contribution < 1.29 is 14.3 Å². The Morgan fingerprint density at radius 3 is 2.20 bits per heavy atom. The molecule has 0 spiro atoms. The highest BCUT2D eigenvalue weighted by Crippen LogP contribution is 2.50. The van der Waals surface area contributed by atoms with E-state index in [2.05, 4.69) is 48.5 Å². The van der Waals surface area contributed by atoms with E-state index >= 15 is 0 Å². The van der Waals surface area contributed by atoms with Crippen LogP contribution in [0.3, 0.4) is 0 Å². The third-order valence-electron chi connectivity index (χ3n) is 5.96. The van der Waals surface area contributed by atoms with Crippen LogP contribution in [0.5, 0.6) is 0 Å². The van der Waals surface area contributed by atoms with Gasteiger partial charge < -0.3 is 9.47 Å². The molecule has 0 amide bonds. The van der Waals surface area contributed by atoms with Crippen LogP contribution in [0, 0.1) is 34.5 Å². The molecule has 2 saturated carbocycles.